The summed E-state index contributed by atoms with van der Waals surface area (Å²) in [6.45, 7) is 14.5. The van der Waals surface area contributed by atoms with Gasteiger partial charge in [0.05, 0.1) is 51.4 Å². The number of aliphatic carboxylic acids is 2. The number of primary amides is 2. The molecule has 6 rings (SSSR count). The van der Waals surface area contributed by atoms with Crippen molar-refractivity contribution in [1.29, 1.82) is 0 Å². The standard InChI is InChI=1S/C87H127N15O25S/c1-47(2)35-59(75(115)94-60(36-48(3)4)76(116)98-65(45-103)73(89)113)95-79(119)63(42-71(109)110)96-77(117)61(37-49(5)6)100-83(123)86(10)30-20-18-16-14-12-11-13-15-17-19-29-85(9,82(122)99-62(38-50(7)8)78(118)97-64(43-72(111)112)80(120)102-86)101-69(107)44-91-74(114)58(27-28-68(88)106)93-70(108)46-125-34-33-124-32-31-90-84(128)92-51-21-24-55-54(39-51)81(121)127-87(55)56-25-22-52(104)40-66(56)126-67-41-53(105)23-26-57(67)87/h21-26,39-41,47-50,58-65,103-105H,11-20,27-38,42-46H2,1-10H3,(H2,88,106)(H2,89,113)(H,91,114)(H,93,108)(H,94,115)(H,95,119)(H,96,117)(H,97,118)(H,98,116)(H,99,122)(H,100,123)(H,101,107)(H,102,120)(H,109,110)(H,111,112)(H2,90,92,128)/t58-,59-,60+,61-,62-,63-,64-,65-,85-,86-/m0/s1. The van der Waals surface area contributed by atoms with Crippen LogP contribution in [-0.4, -0.2) is 231 Å². The number of anilines is 1. The van der Waals surface area contributed by atoms with Crippen LogP contribution in [-0.2, 0) is 91.7 Å². The van der Waals surface area contributed by atoms with Crippen molar-refractivity contribution in [2.75, 3.05) is 51.4 Å². The van der Waals surface area contributed by atoms with Crippen LogP contribution in [0.1, 0.15) is 225 Å². The van der Waals surface area contributed by atoms with E-state index in [1.165, 1.54) is 38.1 Å². The summed E-state index contributed by atoms with van der Waals surface area (Å²) in [5, 5.41) is 84.6. The number of nitrogens with two attached hydrogens (primary N) is 2. The van der Waals surface area contributed by atoms with Crippen LogP contribution >= 0.6 is 12.2 Å². The number of nitrogens with one attached hydrogen (secondary N) is 13. The number of rotatable bonds is 41. The zero-order valence-corrected chi connectivity index (χ0v) is 75.0. The molecule has 0 bridgehead atoms. The van der Waals surface area contributed by atoms with Gasteiger partial charge in [0.2, 0.25) is 76.8 Å². The normalized spacial score (nSPS) is 19.3. The first-order chi connectivity index (χ1) is 60.4. The second-order valence-corrected chi connectivity index (χ2v) is 35.0. The topological polar surface area (TPSA) is 620 Å². The number of hydrogen-bond donors (Lipinski definition) is 20. The molecule has 40 nitrogen and oxygen atoms in total. The average Bonchev–Trinajstić information content (AvgIpc) is 1.52. The third kappa shape index (κ3) is 32.5. The number of aromatic hydroxyl groups is 2. The van der Waals surface area contributed by atoms with Crippen molar-refractivity contribution in [2.45, 2.75) is 263 Å². The molecular formula is C87H127N15O25S. The quantitative estimate of drug-likeness (QED) is 0.0220. The lowest BCUT2D eigenvalue weighted by atomic mass is 9.77. The molecule has 13 amide bonds. The number of benzene rings is 3. The number of carboxylic acid groups (broad SMARTS) is 2. The van der Waals surface area contributed by atoms with Crippen molar-refractivity contribution in [3.63, 3.8) is 0 Å². The van der Waals surface area contributed by atoms with Crippen molar-refractivity contribution in [1.82, 2.24) is 63.8 Å². The van der Waals surface area contributed by atoms with Crippen LogP contribution in [0, 0.1) is 23.7 Å². The summed E-state index contributed by atoms with van der Waals surface area (Å²) in [6.07, 6.45) is 3.17. The second-order valence-electron chi connectivity index (χ2n) is 34.6. The molecule has 3 aliphatic heterocycles. The molecule has 0 saturated carbocycles. The SMILES string of the molecule is CC(C)C[C@H](NC(=O)[C@H](CC(=O)O)NC(=O)[C@H](CC(C)C)NC(=O)[C@]1(C)CCCCCCCCCCCC[C@](C)(NC(=O)CNC(=O)[C@H](CCC(N)=O)NC(=O)COCCOCCNC(=S)Nc2ccc3c(c2)C(=O)OC32c3ccc(O)cc3Oc3cc(O)ccc32)C(=O)N[C@@H](CC(C)C)C(=O)N[C@@H](CC(=O)O)C(=O)N1)C(=O)N[C@H](CC(C)C)C(=O)N[C@@H](CO)C(N)=O. The predicted molar refractivity (Wildman–Crippen MR) is 468 cm³/mol. The number of hydrogen-bond acceptors (Lipinski definition) is 24. The molecule has 41 heteroatoms. The molecule has 1 fully saturated rings. The van der Waals surface area contributed by atoms with Gasteiger partial charge in [0.25, 0.3) is 0 Å². The van der Waals surface area contributed by atoms with Crippen LogP contribution < -0.4 is 85.3 Å². The Bertz CT molecular complexity index is 4420. The number of phenolic OH excluding ortho intramolecular Hbond substituents is 2. The van der Waals surface area contributed by atoms with E-state index in [2.05, 4.69) is 69.1 Å². The van der Waals surface area contributed by atoms with E-state index < -0.39 is 192 Å². The molecule has 3 aliphatic rings. The van der Waals surface area contributed by atoms with Gasteiger partial charge in [-0.1, -0.05) is 126 Å². The molecule has 128 heavy (non-hydrogen) atoms. The van der Waals surface area contributed by atoms with Crippen molar-refractivity contribution < 1.29 is 121 Å². The Morgan fingerprint density at radius 1 is 0.555 bits per heavy atom. The Hall–Kier alpha value is -11.8. The highest BCUT2D eigenvalue weighted by Crippen LogP contribution is 2.57. The highest BCUT2D eigenvalue weighted by atomic mass is 32.1. The molecule has 3 aromatic carbocycles. The molecule has 3 heterocycles. The Morgan fingerprint density at radius 2 is 1.07 bits per heavy atom. The maximum atomic E-state index is 15.0. The molecule has 1 saturated heterocycles. The van der Waals surface area contributed by atoms with E-state index in [4.69, 9.17) is 42.6 Å². The van der Waals surface area contributed by atoms with Gasteiger partial charge >= 0.3 is 17.9 Å². The fraction of sp³-hybridized carbons (Fsp3) is 0.598. The van der Waals surface area contributed by atoms with E-state index in [0.717, 1.165) is 32.1 Å². The lowest BCUT2D eigenvalue weighted by Crippen LogP contribution is -2.65. The number of thiocarbonyl (C=S) groups is 1. The van der Waals surface area contributed by atoms with Crippen LogP contribution in [0.25, 0.3) is 0 Å². The van der Waals surface area contributed by atoms with Crippen LogP contribution in [0.4, 0.5) is 5.69 Å². The first-order valence-electron chi connectivity index (χ1n) is 43.3. The fourth-order valence-electron chi connectivity index (χ4n) is 15.0. The number of aliphatic hydroxyl groups excluding tert-OH is 1. The Kier molecular flexibility index (Phi) is 41.0. The third-order valence-electron chi connectivity index (χ3n) is 21.5. The highest BCUT2D eigenvalue weighted by molar-refractivity contribution is 7.80. The number of amides is 13. The van der Waals surface area contributed by atoms with Crippen molar-refractivity contribution >= 4 is 118 Å². The number of aliphatic hydroxyl groups is 1. The molecule has 0 unspecified atom stereocenters. The molecule has 1 spiro atoms. The van der Waals surface area contributed by atoms with Gasteiger partial charge in [0, 0.05) is 47.5 Å². The molecule has 10 atom stereocenters. The summed E-state index contributed by atoms with van der Waals surface area (Å²) in [5.74, 6) is -17.3. The van der Waals surface area contributed by atoms with Gasteiger partial charge in [-0.2, -0.15) is 0 Å². The smallest absolute Gasteiger partial charge is 0.340 e. The van der Waals surface area contributed by atoms with E-state index in [1.54, 1.807) is 85.7 Å². The predicted octanol–water partition coefficient (Wildman–Crippen LogP) is 2.30. The first kappa shape index (κ1) is 105. The van der Waals surface area contributed by atoms with Crippen LogP contribution in [0.5, 0.6) is 23.0 Å². The highest BCUT2D eigenvalue weighted by Gasteiger charge is 2.54. The number of esters is 1. The molecule has 22 N–H and O–H groups in total. The average molecular weight is 1820 g/mol. The van der Waals surface area contributed by atoms with Crippen LogP contribution in [0.2, 0.25) is 0 Å². The Morgan fingerprint density at radius 3 is 1.59 bits per heavy atom. The summed E-state index contributed by atoms with van der Waals surface area (Å²) in [4.78, 5) is 219. The maximum Gasteiger partial charge on any atom is 0.340 e. The van der Waals surface area contributed by atoms with Gasteiger partial charge in [0.1, 0.15) is 89.0 Å². The maximum absolute atomic E-state index is 15.0. The fourth-order valence-corrected chi connectivity index (χ4v) is 15.2. The van der Waals surface area contributed by atoms with Crippen molar-refractivity contribution in [2.24, 2.45) is 35.1 Å². The molecule has 0 aliphatic carbocycles. The van der Waals surface area contributed by atoms with Crippen LogP contribution in [0.3, 0.4) is 0 Å². The van der Waals surface area contributed by atoms with Gasteiger partial charge in [-0.3, -0.25) is 71.9 Å². The van der Waals surface area contributed by atoms with E-state index in [0.29, 0.717) is 54.5 Å². The minimum atomic E-state index is -2.00. The lowest BCUT2D eigenvalue weighted by molar-refractivity contribution is -0.143. The molecule has 706 valence electrons. The van der Waals surface area contributed by atoms with E-state index in [-0.39, 0.29) is 135 Å². The van der Waals surface area contributed by atoms with Gasteiger partial charge in [0.15, 0.2) is 10.7 Å². The molecule has 3 aromatic rings. The summed E-state index contributed by atoms with van der Waals surface area (Å²) in [5.41, 5.74) is 7.56. The number of phenols is 2. The second kappa shape index (κ2) is 50.0. The number of carbonyl (C=O) groups is 16. The summed E-state index contributed by atoms with van der Waals surface area (Å²) in [7, 11) is 0. The summed E-state index contributed by atoms with van der Waals surface area (Å²) in [6, 6.07) is 1.27. The van der Waals surface area contributed by atoms with E-state index in [1.807, 2.05) is 0 Å². The zero-order valence-electron chi connectivity index (χ0n) is 74.2. The minimum Gasteiger partial charge on any atom is -0.508 e. The Labute approximate surface area is 748 Å². The monoisotopic (exact) mass is 1810 g/mol. The van der Waals surface area contributed by atoms with Crippen LogP contribution in [0.15, 0.2) is 54.6 Å². The molecule has 0 aromatic heterocycles. The zero-order chi connectivity index (χ0) is 94.9. The number of fused-ring (bicyclic) bond motifs is 6. The van der Waals surface area contributed by atoms with Crippen molar-refractivity contribution in [3.8, 4) is 23.0 Å². The summed E-state index contributed by atoms with van der Waals surface area (Å²) < 4.78 is 23.3. The molecule has 0 radical (unpaired) electrons. The molecular weight excluding hydrogens is 1690 g/mol. The van der Waals surface area contributed by atoms with Crippen molar-refractivity contribution in [3.05, 3.63) is 76.9 Å². The third-order valence-corrected chi connectivity index (χ3v) is 21.8. The van der Waals surface area contributed by atoms with E-state index in [9.17, 15) is 97.5 Å². The van der Waals surface area contributed by atoms with Gasteiger partial charge < -0.3 is 125 Å². The first-order valence-corrected chi connectivity index (χ1v) is 43.7. The van der Waals surface area contributed by atoms with Gasteiger partial charge in [-0.05, 0) is 131 Å². The largest absolute Gasteiger partial charge is 0.508 e. The number of carbonyl (C=O) groups excluding carboxylic acids is 14. The minimum absolute atomic E-state index is 0.00478. The summed E-state index contributed by atoms with van der Waals surface area (Å²) >= 11 is 5.51. The van der Waals surface area contributed by atoms with Gasteiger partial charge in [-0.25, -0.2) is 4.79 Å². The Balaban J connectivity index is 1.07. The number of ether oxygens (including phenoxy) is 4. The van der Waals surface area contributed by atoms with Gasteiger partial charge in [-0.15, -0.1) is 0 Å². The van der Waals surface area contributed by atoms with E-state index >= 15 is 4.79 Å². The lowest BCUT2D eigenvalue weighted by Gasteiger charge is -2.36. The number of carboxylic acids is 2.